The number of methoxy groups -OCH3 is 1. The van der Waals surface area contributed by atoms with Crippen LogP contribution in [0, 0.1) is 0 Å². The van der Waals surface area contributed by atoms with Gasteiger partial charge >= 0.3 is 5.97 Å². The van der Waals surface area contributed by atoms with Gasteiger partial charge in [0, 0.05) is 20.1 Å². The highest BCUT2D eigenvalue weighted by Crippen LogP contribution is 2.07. The Morgan fingerprint density at radius 3 is 2.50 bits per heavy atom. The van der Waals surface area contributed by atoms with E-state index < -0.39 is 21.8 Å². The highest BCUT2D eigenvalue weighted by atomic mass is 32.2. The molecule has 0 heterocycles. The van der Waals surface area contributed by atoms with E-state index in [0.717, 1.165) is 4.31 Å². The maximum atomic E-state index is 11.7. The smallest absolute Gasteiger partial charge is 0.306 e. The molecule has 0 aliphatic heterocycles. The third-order valence-electron chi connectivity index (χ3n) is 2.67. The van der Waals surface area contributed by atoms with Crippen molar-refractivity contribution in [2.45, 2.75) is 32.3 Å². The van der Waals surface area contributed by atoms with E-state index in [1.807, 2.05) is 0 Å². The summed E-state index contributed by atoms with van der Waals surface area (Å²) in [5.74, 6) is -0.474. The zero-order valence-electron chi connectivity index (χ0n) is 11.3. The molecular weight excluding hydrogens is 260 g/mol. The van der Waals surface area contributed by atoms with E-state index in [2.05, 4.69) is 9.46 Å². The van der Waals surface area contributed by atoms with Crippen LogP contribution in [0.2, 0.25) is 0 Å². The minimum absolute atomic E-state index is 0.0158. The van der Waals surface area contributed by atoms with Crippen molar-refractivity contribution in [3.63, 3.8) is 0 Å². The van der Waals surface area contributed by atoms with Crippen molar-refractivity contribution in [2.75, 3.05) is 27.2 Å². The SMILES string of the molecule is CCC(C)(O)CNS(=O)(=O)N(C)CCC(=O)OC. The van der Waals surface area contributed by atoms with Gasteiger partial charge in [-0.15, -0.1) is 0 Å². The second-order valence-corrected chi connectivity index (χ2v) is 6.19. The van der Waals surface area contributed by atoms with E-state index in [-0.39, 0.29) is 19.5 Å². The summed E-state index contributed by atoms with van der Waals surface area (Å²) in [4.78, 5) is 10.9. The van der Waals surface area contributed by atoms with Crippen LogP contribution in [0.15, 0.2) is 0 Å². The molecule has 0 rings (SSSR count). The van der Waals surface area contributed by atoms with Gasteiger partial charge in [-0.05, 0) is 13.3 Å². The highest BCUT2D eigenvalue weighted by Gasteiger charge is 2.24. The maximum Gasteiger partial charge on any atom is 0.306 e. The molecule has 1 unspecified atom stereocenters. The molecule has 0 aromatic carbocycles. The molecule has 7 nitrogen and oxygen atoms in total. The van der Waals surface area contributed by atoms with Gasteiger partial charge in [0.1, 0.15) is 0 Å². The fourth-order valence-corrected chi connectivity index (χ4v) is 2.00. The summed E-state index contributed by atoms with van der Waals surface area (Å²) in [6, 6.07) is 0. The van der Waals surface area contributed by atoms with Gasteiger partial charge in [0.2, 0.25) is 0 Å². The van der Waals surface area contributed by atoms with Crippen LogP contribution in [-0.2, 0) is 19.7 Å². The molecule has 0 spiro atoms. The maximum absolute atomic E-state index is 11.7. The molecule has 8 heteroatoms. The normalized spacial score (nSPS) is 15.4. The number of hydrogen-bond acceptors (Lipinski definition) is 5. The number of esters is 1. The average molecular weight is 282 g/mol. The highest BCUT2D eigenvalue weighted by molar-refractivity contribution is 7.87. The predicted molar refractivity (Wildman–Crippen MR) is 67.1 cm³/mol. The topological polar surface area (TPSA) is 95.9 Å². The molecule has 0 fully saturated rings. The van der Waals surface area contributed by atoms with Gasteiger partial charge in [0.05, 0.1) is 19.1 Å². The van der Waals surface area contributed by atoms with E-state index in [4.69, 9.17) is 0 Å². The van der Waals surface area contributed by atoms with Crippen molar-refractivity contribution in [3.05, 3.63) is 0 Å². The number of nitrogens with zero attached hydrogens (tertiary/aromatic N) is 1. The van der Waals surface area contributed by atoms with Gasteiger partial charge in [-0.25, -0.2) is 0 Å². The summed E-state index contributed by atoms with van der Waals surface area (Å²) >= 11 is 0. The van der Waals surface area contributed by atoms with Crippen molar-refractivity contribution in [1.82, 2.24) is 9.03 Å². The van der Waals surface area contributed by atoms with Gasteiger partial charge in [0.25, 0.3) is 10.2 Å². The number of rotatable bonds is 8. The molecule has 1 atom stereocenters. The number of hydrogen-bond donors (Lipinski definition) is 2. The molecule has 0 aromatic rings. The van der Waals surface area contributed by atoms with Crippen LogP contribution in [0.5, 0.6) is 0 Å². The number of carbonyl (C=O) groups excluding carboxylic acids is 1. The Balaban J connectivity index is 4.32. The lowest BCUT2D eigenvalue weighted by Gasteiger charge is -2.24. The standard InChI is InChI=1S/C10H22N2O5S/c1-5-10(2,14)8-11-18(15,16)12(3)7-6-9(13)17-4/h11,14H,5-8H2,1-4H3. The average Bonchev–Trinajstić information content (AvgIpc) is 2.33. The van der Waals surface area contributed by atoms with Crippen molar-refractivity contribution in [3.8, 4) is 0 Å². The molecule has 2 N–H and O–H groups in total. The number of aliphatic hydroxyl groups is 1. The van der Waals surface area contributed by atoms with Crippen LogP contribution in [-0.4, -0.2) is 56.6 Å². The van der Waals surface area contributed by atoms with E-state index in [1.165, 1.54) is 14.2 Å². The summed E-state index contributed by atoms with van der Waals surface area (Å²) in [5.41, 5.74) is -1.09. The Morgan fingerprint density at radius 1 is 1.50 bits per heavy atom. The fourth-order valence-electron chi connectivity index (χ4n) is 0.953. The summed E-state index contributed by atoms with van der Waals surface area (Å²) < 4.78 is 31.2. The van der Waals surface area contributed by atoms with Crippen LogP contribution in [0.25, 0.3) is 0 Å². The predicted octanol–water partition coefficient (Wildman–Crippen LogP) is -0.523. The second-order valence-electron chi connectivity index (χ2n) is 4.32. The molecule has 0 saturated heterocycles. The lowest BCUT2D eigenvalue weighted by atomic mass is 10.1. The third-order valence-corrected chi connectivity index (χ3v) is 4.18. The first-order chi connectivity index (χ1) is 8.14. The molecule has 18 heavy (non-hydrogen) atoms. The van der Waals surface area contributed by atoms with E-state index in [9.17, 15) is 18.3 Å². The first-order valence-corrected chi connectivity index (χ1v) is 7.08. The van der Waals surface area contributed by atoms with Crippen LogP contribution < -0.4 is 4.72 Å². The Hall–Kier alpha value is -0.700. The van der Waals surface area contributed by atoms with Gasteiger partial charge < -0.3 is 9.84 Å². The fraction of sp³-hybridized carbons (Fsp3) is 0.900. The number of nitrogens with one attached hydrogen (secondary N) is 1. The zero-order chi connectivity index (χ0) is 14.4. The molecule has 0 bridgehead atoms. The van der Waals surface area contributed by atoms with E-state index >= 15 is 0 Å². The van der Waals surface area contributed by atoms with Crippen LogP contribution in [0.3, 0.4) is 0 Å². The van der Waals surface area contributed by atoms with Crippen molar-refractivity contribution < 1.29 is 23.1 Å². The van der Waals surface area contributed by atoms with Crippen LogP contribution >= 0.6 is 0 Å². The molecule has 0 aliphatic rings. The second kappa shape index (κ2) is 7.03. The monoisotopic (exact) mass is 282 g/mol. The molecule has 0 aliphatic carbocycles. The quantitative estimate of drug-likeness (QED) is 0.584. The first-order valence-electron chi connectivity index (χ1n) is 5.64. The van der Waals surface area contributed by atoms with Gasteiger partial charge in [-0.1, -0.05) is 6.92 Å². The summed E-state index contributed by atoms with van der Waals surface area (Å²) in [6.45, 7) is 3.25. The zero-order valence-corrected chi connectivity index (χ0v) is 12.1. The number of ether oxygens (including phenoxy) is 1. The minimum Gasteiger partial charge on any atom is -0.469 e. The largest absolute Gasteiger partial charge is 0.469 e. The van der Waals surface area contributed by atoms with Gasteiger partial charge in [-0.3, -0.25) is 4.79 Å². The Bertz CT molecular complexity index is 366. The molecule has 0 saturated carbocycles. The number of carbonyl (C=O) groups is 1. The first kappa shape index (κ1) is 17.3. The van der Waals surface area contributed by atoms with E-state index in [1.54, 1.807) is 13.8 Å². The summed E-state index contributed by atoms with van der Waals surface area (Å²) in [6.07, 6.45) is 0.416. The van der Waals surface area contributed by atoms with Crippen molar-refractivity contribution in [2.24, 2.45) is 0 Å². The van der Waals surface area contributed by atoms with Gasteiger partial charge in [-0.2, -0.15) is 17.4 Å². The molecule has 0 amide bonds. The molecular formula is C10H22N2O5S. The molecule has 0 radical (unpaired) electrons. The van der Waals surface area contributed by atoms with Crippen molar-refractivity contribution >= 4 is 16.2 Å². The lowest BCUT2D eigenvalue weighted by Crippen LogP contribution is -2.46. The lowest BCUT2D eigenvalue weighted by molar-refractivity contribution is -0.140. The minimum atomic E-state index is -3.69. The third kappa shape index (κ3) is 6.29. The molecule has 0 aromatic heterocycles. The Labute approximate surface area is 108 Å². The van der Waals surface area contributed by atoms with Crippen molar-refractivity contribution in [1.29, 1.82) is 0 Å². The van der Waals surface area contributed by atoms with Crippen LogP contribution in [0.4, 0.5) is 0 Å². The molecule has 108 valence electrons. The summed E-state index contributed by atoms with van der Waals surface area (Å²) in [5, 5.41) is 9.70. The van der Waals surface area contributed by atoms with E-state index in [0.29, 0.717) is 6.42 Å². The van der Waals surface area contributed by atoms with Crippen LogP contribution in [0.1, 0.15) is 26.7 Å². The Morgan fingerprint density at radius 2 is 2.06 bits per heavy atom. The Kier molecular flexibility index (Phi) is 6.76. The summed E-state index contributed by atoms with van der Waals surface area (Å²) in [7, 11) is -1.10. The van der Waals surface area contributed by atoms with Gasteiger partial charge in [0.15, 0.2) is 0 Å².